The van der Waals surface area contributed by atoms with Gasteiger partial charge in [0.2, 0.25) is 0 Å². The Morgan fingerprint density at radius 3 is 2.50 bits per heavy atom. The van der Waals surface area contributed by atoms with E-state index in [2.05, 4.69) is 36.5 Å². The zero-order valence-corrected chi connectivity index (χ0v) is 24.0. The van der Waals surface area contributed by atoms with E-state index < -0.39 is 5.97 Å². The number of benzene rings is 2. The largest absolute Gasteiger partial charge is 0.462 e. The topological polar surface area (TPSA) is 94.3 Å². The Labute approximate surface area is 240 Å². The molecule has 0 bridgehead atoms. The third-order valence-corrected chi connectivity index (χ3v) is 9.52. The molecule has 0 saturated heterocycles. The van der Waals surface area contributed by atoms with Gasteiger partial charge in [-0.25, -0.2) is 9.78 Å². The van der Waals surface area contributed by atoms with E-state index in [9.17, 15) is 9.59 Å². The standard InChI is InChI=1S/C32H29N3O3S2/c1-3-38-32(37)26-21-11-7-8-12-24(21)39-31(26)35-29(36)28-27(33)25-22(19-9-5-4-6-10-19)17-23(34-30(25)40-28)20-15-13-18(2)14-16-20/h4-6,9-10,13-17H,3,7-8,11-12,33H2,1-2H3,(H,35,36). The number of anilines is 2. The van der Waals surface area contributed by atoms with Crippen LogP contribution in [0.1, 0.15) is 55.8 Å². The van der Waals surface area contributed by atoms with E-state index in [0.717, 1.165) is 63.9 Å². The lowest BCUT2D eigenvalue weighted by molar-refractivity contribution is 0.0526. The number of ether oxygens (including phenoxy) is 1. The molecule has 0 saturated carbocycles. The van der Waals surface area contributed by atoms with Crippen LogP contribution in [0.3, 0.4) is 0 Å². The van der Waals surface area contributed by atoms with Gasteiger partial charge in [-0.05, 0) is 62.3 Å². The lowest BCUT2D eigenvalue weighted by atomic mass is 9.95. The van der Waals surface area contributed by atoms with Crippen molar-refractivity contribution in [3.05, 3.63) is 87.1 Å². The number of nitrogens with two attached hydrogens (primary N) is 1. The highest BCUT2D eigenvalue weighted by Crippen LogP contribution is 2.43. The summed E-state index contributed by atoms with van der Waals surface area (Å²) in [6.07, 6.45) is 3.81. The van der Waals surface area contributed by atoms with Crippen LogP contribution in [0.15, 0.2) is 60.7 Å². The van der Waals surface area contributed by atoms with E-state index in [1.54, 1.807) is 6.92 Å². The maximum atomic E-state index is 13.7. The normalized spacial score (nSPS) is 12.8. The first kappa shape index (κ1) is 26.2. The van der Waals surface area contributed by atoms with Crippen molar-refractivity contribution in [2.75, 3.05) is 17.7 Å². The van der Waals surface area contributed by atoms with Gasteiger partial charge in [0.1, 0.15) is 14.7 Å². The van der Waals surface area contributed by atoms with Crippen LogP contribution in [0.5, 0.6) is 0 Å². The summed E-state index contributed by atoms with van der Waals surface area (Å²) in [5.74, 6) is -0.738. The Balaban J connectivity index is 1.45. The monoisotopic (exact) mass is 567 g/mol. The van der Waals surface area contributed by atoms with Gasteiger partial charge in [-0.3, -0.25) is 4.79 Å². The number of nitrogens with one attached hydrogen (secondary N) is 1. The van der Waals surface area contributed by atoms with E-state index in [1.807, 2.05) is 36.4 Å². The van der Waals surface area contributed by atoms with Crippen LogP contribution in [0.4, 0.5) is 10.7 Å². The summed E-state index contributed by atoms with van der Waals surface area (Å²) in [5.41, 5.74) is 13.5. The van der Waals surface area contributed by atoms with E-state index >= 15 is 0 Å². The van der Waals surface area contributed by atoms with Crippen LogP contribution in [0, 0.1) is 6.92 Å². The Morgan fingerprint density at radius 2 is 1.75 bits per heavy atom. The second-order valence-corrected chi connectivity index (χ2v) is 12.0. The third kappa shape index (κ3) is 4.78. The number of pyridine rings is 1. The molecule has 1 amide bonds. The first-order valence-corrected chi connectivity index (χ1v) is 15.1. The molecule has 0 aliphatic heterocycles. The van der Waals surface area contributed by atoms with Crippen LogP contribution in [-0.4, -0.2) is 23.5 Å². The summed E-state index contributed by atoms with van der Waals surface area (Å²) in [6, 6.07) is 20.3. The summed E-state index contributed by atoms with van der Waals surface area (Å²) in [7, 11) is 0. The molecule has 0 atom stereocenters. The van der Waals surface area contributed by atoms with Gasteiger partial charge >= 0.3 is 5.97 Å². The number of carbonyl (C=O) groups is 2. The fraction of sp³-hybridized carbons (Fsp3) is 0.219. The van der Waals surface area contributed by atoms with Crippen molar-refractivity contribution in [1.29, 1.82) is 0 Å². The number of thiophene rings is 2. The van der Waals surface area contributed by atoms with Crippen molar-refractivity contribution in [3.63, 3.8) is 0 Å². The summed E-state index contributed by atoms with van der Waals surface area (Å²) in [4.78, 5) is 33.8. The second kappa shape index (κ2) is 10.9. The van der Waals surface area contributed by atoms with Crippen LogP contribution < -0.4 is 11.1 Å². The molecule has 0 unspecified atom stereocenters. The minimum absolute atomic E-state index is 0.275. The number of aromatic nitrogens is 1. The molecule has 3 aromatic heterocycles. The van der Waals surface area contributed by atoms with Crippen molar-refractivity contribution < 1.29 is 14.3 Å². The molecule has 8 heteroatoms. The maximum Gasteiger partial charge on any atom is 0.341 e. The maximum absolute atomic E-state index is 13.7. The van der Waals surface area contributed by atoms with Gasteiger partial charge < -0.3 is 15.8 Å². The lowest BCUT2D eigenvalue weighted by Crippen LogP contribution is -2.15. The van der Waals surface area contributed by atoms with Gasteiger partial charge in [-0.1, -0.05) is 60.2 Å². The Morgan fingerprint density at radius 1 is 1.00 bits per heavy atom. The zero-order chi connectivity index (χ0) is 27.8. The van der Waals surface area contributed by atoms with Crippen LogP contribution >= 0.6 is 22.7 Å². The Kier molecular flexibility index (Phi) is 7.12. The number of esters is 1. The number of aryl methyl sites for hydroxylation is 2. The number of hydrogen-bond acceptors (Lipinski definition) is 7. The molecule has 1 aliphatic carbocycles. The molecule has 6 rings (SSSR count). The highest BCUT2D eigenvalue weighted by molar-refractivity contribution is 7.21. The molecular formula is C32H29N3O3S2. The Bertz CT molecular complexity index is 1740. The average Bonchev–Trinajstić information content (AvgIpc) is 3.50. The summed E-state index contributed by atoms with van der Waals surface area (Å²) < 4.78 is 5.36. The number of hydrogen-bond donors (Lipinski definition) is 2. The predicted octanol–water partition coefficient (Wildman–Crippen LogP) is 7.89. The van der Waals surface area contributed by atoms with Gasteiger partial charge in [0.15, 0.2) is 0 Å². The van der Waals surface area contributed by atoms with Gasteiger partial charge in [0.25, 0.3) is 5.91 Å². The molecule has 6 nitrogen and oxygen atoms in total. The highest BCUT2D eigenvalue weighted by Gasteiger charge is 2.29. The first-order valence-electron chi connectivity index (χ1n) is 13.4. The minimum atomic E-state index is -0.391. The van der Waals surface area contributed by atoms with Gasteiger partial charge in [0.05, 0.1) is 23.6 Å². The van der Waals surface area contributed by atoms with Crippen molar-refractivity contribution in [1.82, 2.24) is 4.98 Å². The number of nitrogens with zero attached hydrogens (tertiary/aromatic N) is 1. The predicted molar refractivity (Wildman–Crippen MR) is 165 cm³/mol. The first-order chi connectivity index (χ1) is 19.4. The second-order valence-electron chi connectivity index (χ2n) is 9.90. The van der Waals surface area contributed by atoms with Gasteiger partial charge in [-0.2, -0.15) is 0 Å². The fourth-order valence-electron chi connectivity index (χ4n) is 5.24. The van der Waals surface area contributed by atoms with E-state index in [-0.39, 0.29) is 12.5 Å². The van der Waals surface area contributed by atoms with Gasteiger partial charge in [0, 0.05) is 15.8 Å². The smallest absolute Gasteiger partial charge is 0.341 e. The number of carbonyl (C=O) groups excluding carboxylic acids is 2. The lowest BCUT2D eigenvalue weighted by Gasteiger charge is -2.12. The van der Waals surface area contributed by atoms with E-state index in [1.165, 1.54) is 28.2 Å². The molecule has 0 fully saturated rings. The molecular weight excluding hydrogens is 539 g/mol. The Hall–Kier alpha value is -4.01. The molecule has 5 aromatic rings. The number of amides is 1. The molecule has 0 spiro atoms. The summed E-state index contributed by atoms with van der Waals surface area (Å²) in [5, 5.41) is 4.31. The molecule has 0 radical (unpaired) electrons. The average molecular weight is 568 g/mol. The summed E-state index contributed by atoms with van der Waals surface area (Å²) in [6.45, 7) is 4.12. The fourth-order valence-corrected chi connectivity index (χ4v) is 7.53. The van der Waals surface area contributed by atoms with Crippen molar-refractivity contribution in [2.24, 2.45) is 0 Å². The summed E-state index contributed by atoms with van der Waals surface area (Å²) >= 11 is 2.74. The third-order valence-electron chi connectivity index (χ3n) is 7.22. The van der Waals surface area contributed by atoms with Crippen molar-refractivity contribution in [2.45, 2.75) is 39.5 Å². The van der Waals surface area contributed by atoms with E-state index in [4.69, 9.17) is 15.5 Å². The SMILES string of the molecule is CCOC(=O)c1c(NC(=O)c2sc3nc(-c4ccc(C)cc4)cc(-c4ccccc4)c3c2N)sc2c1CCCC2. The zero-order valence-electron chi connectivity index (χ0n) is 22.4. The number of nitrogen functional groups attached to an aromatic ring is 1. The molecule has 3 N–H and O–H groups in total. The van der Waals surface area contributed by atoms with E-state index in [0.29, 0.717) is 26.0 Å². The molecule has 1 aliphatic rings. The molecule has 202 valence electrons. The molecule has 2 aromatic carbocycles. The quantitative estimate of drug-likeness (QED) is 0.204. The van der Waals surface area contributed by atoms with Crippen LogP contribution in [0.2, 0.25) is 0 Å². The number of fused-ring (bicyclic) bond motifs is 2. The van der Waals surface area contributed by atoms with Gasteiger partial charge in [-0.15, -0.1) is 22.7 Å². The van der Waals surface area contributed by atoms with Crippen LogP contribution in [0.25, 0.3) is 32.6 Å². The van der Waals surface area contributed by atoms with Crippen LogP contribution in [-0.2, 0) is 17.6 Å². The molecule has 40 heavy (non-hydrogen) atoms. The highest BCUT2D eigenvalue weighted by atomic mass is 32.1. The van der Waals surface area contributed by atoms with Crippen molar-refractivity contribution in [3.8, 4) is 22.4 Å². The number of rotatable bonds is 6. The van der Waals surface area contributed by atoms with Crippen molar-refractivity contribution >= 4 is 55.5 Å². The minimum Gasteiger partial charge on any atom is -0.462 e. The molecule has 3 heterocycles.